The van der Waals surface area contributed by atoms with Crippen molar-refractivity contribution in [1.82, 2.24) is 14.9 Å². The Hall–Kier alpha value is -2.82. The first-order valence-corrected chi connectivity index (χ1v) is 8.18. The fourth-order valence-electron chi connectivity index (χ4n) is 3.14. The van der Waals surface area contributed by atoms with Gasteiger partial charge in [-0.25, -0.2) is 4.98 Å². The molecule has 122 valence electrons. The lowest BCUT2D eigenvalue weighted by Gasteiger charge is -2.11. The van der Waals surface area contributed by atoms with Gasteiger partial charge in [-0.1, -0.05) is 6.07 Å². The third-order valence-corrected chi connectivity index (χ3v) is 4.12. The van der Waals surface area contributed by atoms with Gasteiger partial charge in [0.15, 0.2) is 0 Å². The Bertz CT molecular complexity index is 910. The average molecular weight is 321 g/mol. The van der Waals surface area contributed by atoms with E-state index in [1.54, 1.807) is 0 Å². The molecule has 1 N–H and O–H groups in total. The van der Waals surface area contributed by atoms with Crippen LogP contribution in [-0.4, -0.2) is 28.1 Å². The predicted octanol–water partition coefficient (Wildman–Crippen LogP) is 3.23. The van der Waals surface area contributed by atoms with Gasteiger partial charge in [0.05, 0.1) is 22.7 Å². The molecule has 0 saturated carbocycles. The van der Waals surface area contributed by atoms with E-state index in [9.17, 15) is 4.79 Å². The number of nitrogens with one attached hydrogen (secondary N) is 1. The number of rotatable bonds is 3. The van der Waals surface area contributed by atoms with E-state index in [-0.39, 0.29) is 12.0 Å². The Kier molecular flexibility index (Phi) is 3.49. The summed E-state index contributed by atoms with van der Waals surface area (Å²) in [6.45, 7) is 5.32. The molecule has 1 aliphatic heterocycles. The van der Waals surface area contributed by atoms with Gasteiger partial charge in [0, 0.05) is 18.7 Å². The second-order valence-electron chi connectivity index (χ2n) is 6.21. The van der Waals surface area contributed by atoms with Gasteiger partial charge in [-0.3, -0.25) is 4.79 Å². The molecule has 0 atom stereocenters. The van der Waals surface area contributed by atoms with Crippen molar-refractivity contribution in [2.75, 3.05) is 6.54 Å². The zero-order valence-electron chi connectivity index (χ0n) is 13.7. The highest BCUT2D eigenvalue weighted by atomic mass is 16.5. The first kappa shape index (κ1) is 14.8. The average Bonchev–Trinajstić information content (AvgIpc) is 2.84. The van der Waals surface area contributed by atoms with E-state index in [4.69, 9.17) is 9.72 Å². The number of hydrogen-bond donors (Lipinski definition) is 1. The molecule has 24 heavy (non-hydrogen) atoms. The number of carbonyl (C=O) groups is 1. The second-order valence-corrected chi connectivity index (χ2v) is 6.21. The molecule has 0 bridgehead atoms. The summed E-state index contributed by atoms with van der Waals surface area (Å²) in [5, 5.41) is 2.94. The Labute approximate surface area is 140 Å². The first-order chi connectivity index (χ1) is 11.6. The monoisotopic (exact) mass is 321 g/mol. The highest BCUT2D eigenvalue weighted by Gasteiger charge is 2.21. The quantitative estimate of drug-likeness (QED) is 0.806. The van der Waals surface area contributed by atoms with Crippen LogP contribution in [0.3, 0.4) is 0 Å². The molecule has 5 nitrogen and oxygen atoms in total. The highest BCUT2D eigenvalue weighted by Crippen LogP contribution is 2.29. The van der Waals surface area contributed by atoms with E-state index in [1.807, 2.05) is 56.3 Å². The van der Waals surface area contributed by atoms with Crippen LogP contribution in [0.5, 0.6) is 5.75 Å². The topological polar surface area (TPSA) is 56.1 Å². The van der Waals surface area contributed by atoms with Crippen molar-refractivity contribution < 1.29 is 9.53 Å². The third kappa shape index (κ3) is 2.42. The van der Waals surface area contributed by atoms with E-state index in [0.29, 0.717) is 18.7 Å². The van der Waals surface area contributed by atoms with Crippen LogP contribution in [0.25, 0.3) is 22.4 Å². The van der Waals surface area contributed by atoms with Gasteiger partial charge >= 0.3 is 0 Å². The van der Waals surface area contributed by atoms with Crippen LogP contribution in [0.4, 0.5) is 0 Å². The molecule has 1 aromatic heterocycles. The number of carbonyl (C=O) groups excluding carboxylic acids is 1. The smallest absolute Gasteiger partial charge is 0.253 e. The van der Waals surface area contributed by atoms with Gasteiger partial charge in [-0.2, -0.15) is 0 Å². The summed E-state index contributed by atoms with van der Waals surface area (Å²) in [5.74, 6) is 1.69. The van der Waals surface area contributed by atoms with Crippen molar-refractivity contribution in [3.63, 3.8) is 0 Å². The van der Waals surface area contributed by atoms with Crippen LogP contribution in [-0.2, 0) is 6.54 Å². The maximum Gasteiger partial charge on any atom is 0.253 e. The molecular weight excluding hydrogens is 302 g/mol. The predicted molar refractivity (Wildman–Crippen MR) is 93.3 cm³/mol. The SMILES string of the molecule is CC(C)Oc1ccc(-c2nc3cccc4c3n2CCNC4=O)cc1. The van der Waals surface area contributed by atoms with Crippen molar-refractivity contribution in [2.24, 2.45) is 0 Å². The van der Waals surface area contributed by atoms with Crippen LogP contribution in [0.1, 0.15) is 24.2 Å². The van der Waals surface area contributed by atoms with E-state index in [2.05, 4.69) is 9.88 Å². The largest absolute Gasteiger partial charge is 0.491 e. The number of ether oxygens (including phenoxy) is 1. The minimum atomic E-state index is -0.0357. The normalized spacial score (nSPS) is 13.9. The molecule has 0 fully saturated rings. The molecule has 0 saturated heterocycles. The van der Waals surface area contributed by atoms with Crippen LogP contribution >= 0.6 is 0 Å². The molecule has 0 unspecified atom stereocenters. The van der Waals surface area contributed by atoms with Crippen LogP contribution in [0.2, 0.25) is 0 Å². The molecule has 2 heterocycles. The Balaban J connectivity index is 1.84. The lowest BCUT2D eigenvalue weighted by molar-refractivity contribution is 0.0956. The van der Waals surface area contributed by atoms with Crippen molar-refractivity contribution in [3.8, 4) is 17.1 Å². The molecular formula is C19H19N3O2. The molecule has 0 radical (unpaired) electrons. The standard InChI is InChI=1S/C19H19N3O2/c1-12(2)24-14-8-6-13(7-9-14)18-21-16-5-3-4-15-17(16)22(18)11-10-20-19(15)23/h3-9,12H,10-11H2,1-2H3,(H,20,23). The van der Waals surface area contributed by atoms with Crippen LogP contribution in [0.15, 0.2) is 42.5 Å². The van der Waals surface area contributed by atoms with Crippen molar-refractivity contribution in [1.29, 1.82) is 0 Å². The van der Waals surface area contributed by atoms with Crippen LogP contribution in [0, 0.1) is 0 Å². The summed E-state index contributed by atoms with van der Waals surface area (Å²) in [6.07, 6.45) is 0.147. The van der Waals surface area contributed by atoms with Crippen LogP contribution < -0.4 is 10.1 Å². The maximum absolute atomic E-state index is 12.2. The molecule has 1 amide bonds. The summed E-state index contributed by atoms with van der Waals surface area (Å²) in [7, 11) is 0. The summed E-state index contributed by atoms with van der Waals surface area (Å²) in [6, 6.07) is 13.6. The zero-order valence-corrected chi connectivity index (χ0v) is 13.7. The molecule has 2 aromatic carbocycles. The number of para-hydroxylation sites is 1. The molecule has 5 heteroatoms. The Morgan fingerprint density at radius 3 is 2.71 bits per heavy atom. The summed E-state index contributed by atoms with van der Waals surface area (Å²) >= 11 is 0. The lowest BCUT2D eigenvalue weighted by Crippen LogP contribution is -2.24. The van der Waals surface area contributed by atoms with Gasteiger partial charge < -0.3 is 14.6 Å². The van der Waals surface area contributed by atoms with Gasteiger partial charge in [0.1, 0.15) is 11.6 Å². The van der Waals surface area contributed by atoms with E-state index < -0.39 is 0 Å². The molecule has 1 aliphatic rings. The summed E-state index contributed by atoms with van der Waals surface area (Å²) < 4.78 is 7.83. The zero-order chi connectivity index (χ0) is 16.7. The first-order valence-electron chi connectivity index (χ1n) is 8.18. The lowest BCUT2D eigenvalue weighted by atomic mass is 10.1. The number of nitrogens with zero attached hydrogens (tertiary/aromatic N) is 2. The molecule has 3 aromatic rings. The number of amides is 1. The van der Waals surface area contributed by atoms with E-state index >= 15 is 0 Å². The van der Waals surface area contributed by atoms with Crippen molar-refractivity contribution >= 4 is 16.9 Å². The highest BCUT2D eigenvalue weighted by molar-refractivity contribution is 6.06. The fraction of sp³-hybridized carbons (Fsp3) is 0.263. The van der Waals surface area contributed by atoms with Crippen molar-refractivity contribution in [2.45, 2.75) is 26.5 Å². The Morgan fingerprint density at radius 1 is 1.17 bits per heavy atom. The second kappa shape index (κ2) is 5.67. The van der Waals surface area contributed by atoms with Crippen molar-refractivity contribution in [3.05, 3.63) is 48.0 Å². The molecule has 4 rings (SSSR count). The van der Waals surface area contributed by atoms with E-state index in [1.165, 1.54) is 0 Å². The van der Waals surface area contributed by atoms with Gasteiger partial charge in [-0.15, -0.1) is 0 Å². The summed E-state index contributed by atoms with van der Waals surface area (Å²) in [5.41, 5.74) is 3.46. The number of imidazole rings is 1. The third-order valence-electron chi connectivity index (χ3n) is 4.12. The van der Waals surface area contributed by atoms with Gasteiger partial charge in [0.2, 0.25) is 0 Å². The number of aromatic nitrogens is 2. The molecule has 0 aliphatic carbocycles. The van der Waals surface area contributed by atoms with Gasteiger partial charge in [-0.05, 0) is 50.2 Å². The summed E-state index contributed by atoms with van der Waals surface area (Å²) in [4.78, 5) is 17.0. The number of hydrogen-bond acceptors (Lipinski definition) is 3. The molecule has 0 spiro atoms. The van der Waals surface area contributed by atoms with E-state index in [0.717, 1.165) is 28.2 Å². The van der Waals surface area contributed by atoms with Gasteiger partial charge in [0.25, 0.3) is 5.91 Å². The maximum atomic E-state index is 12.2. The Morgan fingerprint density at radius 2 is 1.96 bits per heavy atom. The number of benzene rings is 2. The minimum Gasteiger partial charge on any atom is -0.491 e. The minimum absolute atomic E-state index is 0.0357. The fourth-order valence-corrected chi connectivity index (χ4v) is 3.14.